The third-order valence-electron chi connectivity index (χ3n) is 2.99. The quantitative estimate of drug-likeness (QED) is 0.385. The van der Waals surface area contributed by atoms with Gasteiger partial charge in [-0.15, -0.1) is 0 Å². The van der Waals surface area contributed by atoms with Gasteiger partial charge in [0, 0.05) is 18.4 Å². The fourth-order valence-electron chi connectivity index (χ4n) is 1.93. The Morgan fingerprint density at radius 2 is 1.95 bits per heavy atom. The highest BCUT2D eigenvalue weighted by Crippen LogP contribution is 2.24. The van der Waals surface area contributed by atoms with Crippen molar-refractivity contribution >= 4 is 17.5 Å². The van der Waals surface area contributed by atoms with E-state index in [1.165, 1.54) is 0 Å². The zero-order chi connectivity index (χ0) is 14.7. The Kier molecular flexibility index (Phi) is 3.84. The van der Waals surface area contributed by atoms with Crippen molar-refractivity contribution < 1.29 is 5.21 Å². The van der Waals surface area contributed by atoms with E-state index in [1.54, 1.807) is 6.07 Å². The summed E-state index contributed by atoms with van der Waals surface area (Å²) in [5, 5.41) is 11.7. The Morgan fingerprint density at radius 1 is 1.25 bits per heavy atom. The third-order valence-corrected chi connectivity index (χ3v) is 2.99. The molecule has 1 aromatic carbocycles. The molecule has 0 saturated heterocycles. The van der Waals surface area contributed by atoms with Gasteiger partial charge in [-0.2, -0.15) is 0 Å². The van der Waals surface area contributed by atoms with Crippen LogP contribution in [0.25, 0.3) is 0 Å². The molecule has 0 radical (unpaired) electrons. The lowest BCUT2D eigenvalue weighted by Gasteiger charge is -2.20. The van der Waals surface area contributed by atoms with Crippen LogP contribution in [0.1, 0.15) is 17.0 Å². The molecule has 2 aromatic rings. The highest BCUT2D eigenvalue weighted by Gasteiger charge is 2.12. The zero-order valence-electron chi connectivity index (χ0n) is 11.7. The molecule has 0 amide bonds. The van der Waals surface area contributed by atoms with Crippen molar-refractivity contribution in [2.75, 3.05) is 11.9 Å². The van der Waals surface area contributed by atoms with Crippen LogP contribution in [0, 0.1) is 13.8 Å². The maximum atomic E-state index is 8.76. The van der Waals surface area contributed by atoms with Crippen LogP contribution < -0.4 is 10.6 Å². The summed E-state index contributed by atoms with van der Waals surface area (Å²) in [4.78, 5) is 10.6. The topological polar surface area (TPSA) is 87.6 Å². The van der Waals surface area contributed by atoms with Crippen molar-refractivity contribution in [1.82, 2.24) is 9.97 Å². The predicted octanol–water partition coefficient (Wildman–Crippen LogP) is 1.96. The lowest BCUT2D eigenvalue weighted by atomic mass is 10.2. The number of oxime groups is 1. The van der Waals surface area contributed by atoms with Gasteiger partial charge in [0.15, 0.2) is 5.84 Å². The maximum Gasteiger partial charge on any atom is 0.230 e. The number of nitrogens with two attached hydrogens (primary N) is 1. The van der Waals surface area contributed by atoms with Gasteiger partial charge in [-0.25, -0.2) is 9.97 Å². The minimum Gasteiger partial charge on any atom is -0.409 e. The molecule has 0 bridgehead atoms. The van der Waals surface area contributed by atoms with E-state index in [2.05, 4.69) is 15.1 Å². The van der Waals surface area contributed by atoms with Crippen molar-refractivity contribution in [2.45, 2.75) is 13.8 Å². The van der Waals surface area contributed by atoms with Crippen molar-refractivity contribution in [1.29, 1.82) is 0 Å². The molecule has 1 heterocycles. The summed E-state index contributed by atoms with van der Waals surface area (Å²) >= 11 is 0. The van der Waals surface area contributed by atoms with Gasteiger partial charge in [0.05, 0.1) is 0 Å². The molecule has 0 aliphatic carbocycles. The molecule has 0 aliphatic heterocycles. The maximum absolute atomic E-state index is 8.76. The summed E-state index contributed by atoms with van der Waals surface area (Å²) in [6.45, 7) is 3.86. The molecule has 0 spiro atoms. The molecule has 0 saturated carbocycles. The van der Waals surface area contributed by atoms with E-state index in [-0.39, 0.29) is 5.84 Å². The van der Waals surface area contributed by atoms with Gasteiger partial charge in [-0.3, -0.25) is 0 Å². The summed E-state index contributed by atoms with van der Waals surface area (Å²) in [6, 6.07) is 9.62. The number of anilines is 2. The molecule has 0 atom stereocenters. The van der Waals surface area contributed by atoms with Crippen molar-refractivity contribution in [2.24, 2.45) is 10.9 Å². The number of aromatic nitrogens is 2. The first-order valence-electron chi connectivity index (χ1n) is 6.16. The monoisotopic (exact) mass is 271 g/mol. The van der Waals surface area contributed by atoms with Crippen LogP contribution in [0.4, 0.5) is 11.6 Å². The van der Waals surface area contributed by atoms with Gasteiger partial charge in [0.25, 0.3) is 0 Å². The highest BCUT2D eigenvalue weighted by atomic mass is 16.4. The Bertz CT molecular complexity index is 654. The van der Waals surface area contributed by atoms with E-state index in [0.717, 1.165) is 16.9 Å². The Labute approximate surface area is 117 Å². The average Bonchev–Trinajstić information content (AvgIpc) is 2.45. The van der Waals surface area contributed by atoms with Crippen LogP contribution in [-0.2, 0) is 0 Å². The smallest absolute Gasteiger partial charge is 0.230 e. The van der Waals surface area contributed by atoms with Crippen molar-refractivity contribution in [3.8, 4) is 0 Å². The second-order valence-corrected chi connectivity index (χ2v) is 4.53. The van der Waals surface area contributed by atoms with E-state index in [9.17, 15) is 0 Å². The summed E-state index contributed by atoms with van der Waals surface area (Å²) in [7, 11) is 1.88. The van der Waals surface area contributed by atoms with E-state index in [4.69, 9.17) is 10.9 Å². The molecular weight excluding hydrogens is 254 g/mol. The number of hydrogen-bond acceptors (Lipinski definition) is 5. The molecule has 6 nitrogen and oxygen atoms in total. The minimum absolute atomic E-state index is 0.0325. The average molecular weight is 271 g/mol. The Balaban J connectivity index is 2.48. The van der Waals surface area contributed by atoms with E-state index >= 15 is 0 Å². The zero-order valence-corrected chi connectivity index (χ0v) is 11.7. The molecular formula is C14H17N5O. The van der Waals surface area contributed by atoms with Gasteiger partial charge < -0.3 is 15.8 Å². The van der Waals surface area contributed by atoms with E-state index in [0.29, 0.717) is 11.6 Å². The minimum atomic E-state index is -0.0325. The summed E-state index contributed by atoms with van der Waals surface area (Å²) in [5.41, 5.74) is 8.86. The second-order valence-electron chi connectivity index (χ2n) is 4.53. The fraction of sp³-hybridized carbons (Fsp3) is 0.214. The van der Waals surface area contributed by atoms with Crippen LogP contribution in [-0.4, -0.2) is 28.1 Å². The van der Waals surface area contributed by atoms with Crippen molar-refractivity contribution in [3.63, 3.8) is 0 Å². The Hall–Kier alpha value is -2.63. The van der Waals surface area contributed by atoms with Crippen LogP contribution in [0.3, 0.4) is 0 Å². The first-order chi connectivity index (χ1) is 9.52. The second kappa shape index (κ2) is 5.56. The van der Waals surface area contributed by atoms with Crippen molar-refractivity contribution in [3.05, 3.63) is 47.3 Å². The third kappa shape index (κ3) is 2.69. The molecule has 3 N–H and O–H groups in total. The summed E-state index contributed by atoms with van der Waals surface area (Å²) in [5.74, 6) is 0.468. The SMILES string of the molecule is Cc1cc(/C(N)=N/O)nc(N(C)c2ccccc2C)n1. The number of nitrogens with zero attached hydrogens (tertiary/aromatic N) is 4. The number of rotatable bonds is 3. The number of amidine groups is 1. The van der Waals surface area contributed by atoms with Gasteiger partial charge >= 0.3 is 0 Å². The molecule has 1 aromatic heterocycles. The number of hydrogen-bond donors (Lipinski definition) is 2. The molecule has 6 heteroatoms. The molecule has 104 valence electrons. The largest absolute Gasteiger partial charge is 0.409 e. The van der Waals surface area contributed by atoms with Gasteiger partial charge in [-0.1, -0.05) is 23.4 Å². The lowest BCUT2D eigenvalue weighted by molar-refractivity contribution is 0.318. The highest BCUT2D eigenvalue weighted by molar-refractivity contribution is 5.95. The predicted molar refractivity (Wildman–Crippen MR) is 78.5 cm³/mol. The van der Waals surface area contributed by atoms with E-state index < -0.39 is 0 Å². The lowest BCUT2D eigenvalue weighted by Crippen LogP contribution is -2.20. The summed E-state index contributed by atoms with van der Waals surface area (Å²) in [6.07, 6.45) is 0. The van der Waals surface area contributed by atoms with Crippen LogP contribution in [0.15, 0.2) is 35.5 Å². The number of benzene rings is 1. The molecule has 0 unspecified atom stereocenters. The molecule has 0 fully saturated rings. The van der Waals surface area contributed by atoms with Crippen LogP contribution >= 0.6 is 0 Å². The number of para-hydroxylation sites is 1. The fourth-order valence-corrected chi connectivity index (χ4v) is 1.93. The first-order valence-corrected chi connectivity index (χ1v) is 6.16. The van der Waals surface area contributed by atoms with Crippen LogP contribution in [0.5, 0.6) is 0 Å². The standard InChI is InChI=1S/C14H17N5O/c1-9-6-4-5-7-12(9)19(3)14-16-10(2)8-11(17-14)13(15)18-20/h4-8,20H,1-3H3,(H2,15,18). The summed E-state index contributed by atoms with van der Waals surface area (Å²) < 4.78 is 0. The first kappa shape index (κ1) is 13.8. The van der Waals surface area contributed by atoms with Gasteiger partial charge in [-0.05, 0) is 31.5 Å². The van der Waals surface area contributed by atoms with Gasteiger partial charge in [0.2, 0.25) is 5.95 Å². The normalized spacial score (nSPS) is 11.4. The number of aryl methyl sites for hydroxylation is 2. The van der Waals surface area contributed by atoms with Gasteiger partial charge in [0.1, 0.15) is 5.69 Å². The van der Waals surface area contributed by atoms with Crippen LogP contribution in [0.2, 0.25) is 0 Å². The van der Waals surface area contributed by atoms with E-state index in [1.807, 2.05) is 50.1 Å². The molecule has 20 heavy (non-hydrogen) atoms. The molecule has 2 rings (SSSR count). The molecule has 0 aliphatic rings. The Morgan fingerprint density at radius 3 is 2.60 bits per heavy atom.